The molecule has 0 saturated carbocycles. The first-order valence-electron chi connectivity index (χ1n) is 6.84. The van der Waals surface area contributed by atoms with E-state index in [9.17, 15) is 0 Å². The fourth-order valence-corrected chi connectivity index (χ4v) is 2.39. The second-order valence-corrected chi connectivity index (χ2v) is 5.87. The Kier molecular flexibility index (Phi) is 4.35. The molecule has 0 spiro atoms. The summed E-state index contributed by atoms with van der Waals surface area (Å²) < 4.78 is 5.30. The predicted molar refractivity (Wildman–Crippen MR) is 69.9 cm³/mol. The van der Waals surface area contributed by atoms with Gasteiger partial charge >= 0.3 is 0 Å². The average Bonchev–Trinajstić information content (AvgIpc) is 2.70. The van der Waals surface area contributed by atoms with Crippen LogP contribution in [0.25, 0.3) is 0 Å². The van der Waals surface area contributed by atoms with E-state index in [1.807, 2.05) is 0 Å². The molecule has 1 aliphatic heterocycles. The minimum atomic E-state index is 0.334. The normalized spacial score (nSPS) is 25.8. The van der Waals surface area contributed by atoms with E-state index >= 15 is 0 Å². The molecular formula is C13H24N4O. The van der Waals surface area contributed by atoms with Crippen molar-refractivity contribution < 1.29 is 4.52 Å². The molecule has 0 amide bonds. The number of hydrogen-bond acceptors (Lipinski definition) is 5. The summed E-state index contributed by atoms with van der Waals surface area (Å²) >= 11 is 0. The van der Waals surface area contributed by atoms with Crippen LogP contribution in [0.1, 0.15) is 38.9 Å². The average molecular weight is 252 g/mol. The maximum Gasteiger partial charge on any atom is 0.240 e. The second-order valence-electron chi connectivity index (χ2n) is 5.87. The highest BCUT2D eigenvalue weighted by molar-refractivity contribution is 4.89. The maximum atomic E-state index is 6.01. The Labute approximate surface area is 109 Å². The highest BCUT2D eigenvalue weighted by atomic mass is 16.5. The Bertz CT molecular complexity index is 377. The number of rotatable bonds is 4. The van der Waals surface area contributed by atoms with Gasteiger partial charge in [0.1, 0.15) is 0 Å². The van der Waals surface area contributed by atoms with E-state index in [-0.39, 0.29) is 0 Å². The lowest BCUT2D eigenvalue weighted by atomic mass is 9.95. The van der Waals surface area contributed by atoms with Gasteiger partial charge in [-0.15, -0.1) is 0 Å². The molecule has 0 aromatic carbocycles. The Morgan fingerprint density at radius 3 is 2.94 bits per heavy atom. The standard InChI is InChI=1S/C13H24N4O/c1-9(2)6-12-15-13(18-16-12)8-17-5-4-11(14)10(3)7-17/h9-11H,4-8,14H2,1-3H3. The summed E-state index contributed by atoms with van der Waals surface area (Å²) in [5, 5.41) is 4.02. The molecule has 102 valence electrons. The molecule has 1 aromatic heterocycles. The van der Waals surface area contributed by atoms with Gasteiger partial charge in [-0.2, -0.15) is 4.98 Å². The van der Waals surface area contributed by atoms with Gasteiger partial charge < -0.3 is 10.3 Å². The van der Waals surface area contributed by atoms with Crippen molar-refractivity contribution in [2.45, 2.75) is 46.2 Å². The van der Waals surface area contributed by atoms with E-state index < -0.39 is 0 Å². The van der Waals surface area contributed by atoms with Crippen molar-refractivity contribution in [1.29, 1.82) is 0 Å². The molecule has 2 unspecified atom stereocenters. The lowest BCUT2D eigenvalue weighted by Crippen LogP contribution is -2.45. The van der Waals surface area contributed by atoms with Crippen molar-refractivity contribution in [3.05, 3.63) is 11.7 Å². The van der Waals surface area contributed by atoms with Gasteiger partial charge in [0, 0.05) is 25.6 Å². The van der Waals surface area contributed by atoms with Crippen molar-refractivity contribution in [2.24, 2.45) is 17.6 Å². The van der Waals surface area contributed by atoms with Gasteiger partial charge in [-0.3, -0.25) is 4.90 Å². The summed E-state index contributed by atoms with van der Waals surface area (Å²) in [6.45, 7) is 9.31. The van der Waals surface area contributed by atoms with Gasteiger partial charge in [0.15, 0.2) is 5.82 Å². The highest BCUT2D eigenvalue weighted by Gasteiger charge is 2.24. The molecule has 5 heteroatoms. The molecule has 1 saturated heterocycles. The van der Waals surface area contributed by atoms with Crippen LogP contribution in [0.4, 0.5) is 0 Å². The molecule has 18 heavy (non-hydrogen) atoms. The van der Waals surface area contributed by atoms with Crippen LogP contribution in [-0.2, 0) is 13.0 Å². The lowest BCUT2D eigenvalue weighted by Gasteiger charge is -2.34. The zero-order chi connectivity index (χ0) is 13.1. The first-order valence-corrected chi connectivity index (χ1v) is 6.84. The Morgan fingerprint density at radius 1 is 1.50 bits per heavy atom. The quantitative estimate of drug-likeness (QED) is 0.878. The lowest BCUT2D eigenvalue weighted by molar-refractivity contribution is 0.142. The molecule has 1 fully saturated rings. The minimum absolute atomic E-state index is 0.334. The van der Waals surface area contributed by atoms with Crippen molar-refractivity contribution in [1.82, 2.24) is 15.0 Å². The molecular weight excluding hydrogens is 228 g/mol. The summed E-state index contributed by atoms with van der Waals surface area (Å²) in [5.74, 6) is 2.65. The fraction of sp³-hybridized carbons (Fsp3) is 0.846. The van der Waals surface area contributed by atoms with E-state index in [4.69, 9.17) is 10.3 Å². The third-order valence-electron chi connectivity index (χ3n) is 3.52. The van der Waals surface area contributed by atoms with E-state index in [2.05, 4.69) is 35.8 Å². The van der Waals surface area contributed by atoms with Crippen LogP contribution in [0.2, 0.25) is 0 Å². The number of likely N-dealkylation sites (tertiary alicyclic amines) is 1. The van der Waals surface area contributed by atoms with Gasteiger partial charge in [-0.25, -0.2) is 0 Å². The van der Waals surface area contributed by atoms with Crippen molar-refractivity contribution >= 4 is 0 Å². The van der Waals surface area contributed by atoms with Crippen LogP contribution in [0.5, 0.6) is 0 Å². The molecule has 2 N–H and O–H groups in total. The van der Waals surface area contributed by atoms with Gasteiger partial charge in [-0.1, -0.05) is 25.9 Å². The predicted octanol–water partition coefficient (Wildman–Crippen LogP) is 1.44. The van der Waals surface area contributed by atoms with Crippen LogP contribution >= 0.6 is 0 Å². The van der Waals surface area contributed by atoms with E-state index in [0.29, 0.717) is 17.9 Å². The van der Waals surface area contributed by atoms with Gasteiger partial charge in [0.2, 0.25) is 5.89 Å². The van der Waals surface area contributed by atoms with E-state index in [1.54, 1.807) is 0 Å². The number of hydrogen-bond donors (Lipinski definition) is 1. The van der Waals surface area contributed by atoms with Gasteiger partial charge in [0.25, 0.3) is 0 Å². The molecule has 2 rings (SSSR count). The minimum Gasteiger partial charge on any atom is -0.338 e. The van der Waals surface area contributed by atoms with Gasteiger partial charge in [0.05, 0.1) is 6.54 Å². The molecule has 2 heterocycles. The van der Waals surface area contributed by atoms with Crippen LogP contribution in [-0.4, -0.2) is 34.2 Å². The molecule has 5 nitrogen and oxygen atoms in total. The molecule has 0 bridgehead atoms. The SMILES string of the molecule is CC(C)Cc1noc(CN2CCC(N)C(C)C2)n1. The summed E-state index contributed by atoms with van der Waals surface area (Å²) in [7, 11) is 0. The van der Waals surface area contributed by atoms with E-state index in [1.165, 1.54) is 0 Å². The van der Waals surface area contributed by atoms with Gasteiger partial charge in [-0.05, 0) is 18.3 Å². The highest BCUT2D eigenvalue weighted by Crippen LogP contribution is 2.17. The fourth-order valence-electron chi connectivity index (χ4n) is 2.39. The summed E-state index contributed by atoms with van der Waals surface area (Å²) in [4.78, 5) is 6.79. The number of piperidine rings is 1. The molecule has 1 aromatic rings. The Balaban J connectivity index is 1.87. The second kappa shape index (κ2) is 5.80. The first-order chi connectivity index (χ1) is 8.54. The van der Waals surface area contributed by atoms with E-state index in [0.717, 1.165) is 44.2 Å². The summed E-state index contributed by atoms with van der Waals surface area (Å²) in [5.41, 5.74) is 6.01. The third kappa shape index (κ3) is 3.53. The first kappa shape index (κ1) is 13.5. The molecule has 2 atom stereocenters. The van der Waals surface area contributed by atoms with Crippen LogP contribution in [0.3, 0.4) is 0 Å². The monoisotopic (exact) mass is 252 g/mol. The van der Waals surface area contributed by atoms with Crippen LogP contribution < -0.4 is 5.73 Å². The largest absolute Gasteiger partial charge is 0.338 e. The van der Waals surface area contributed by atoms with Crippen molar-refractivity contribution in [2.75, 3.05) is 13.1 Å². The van der Waals surface area contributed by atoms with Crippen molar-refractivity contribution in [3.8, 4) is 0 Å². The third-order valence-corrected chi connectivity index (χ3v) is 3.52. The topological polar surface area (TPSA) is 68.2 Å². The van der Waals surface area contributed by atoms with Crippen LogP contribution in [0, 0.1) is 11.8 Å². The number of nitrogens with zero attached hydrogens (tertiary/aromatic N) is 3. The number of nitrogens with two attached hydrogens (primary N) is 1. The molecule has 0 aliphatic carbocycles. The maximum absolute atomic E-state index is 6.01. The van der Waals surface area contributed by atoms with Crippen molar-refractivity contribution in [3.63, 3.8) is 0 Å². The van der Waals surface area contributed by atoms with Crippen LogP contribution in [0.15, 0.2) is 4.52 Å². The molecule has 0 radical (unpaired) electrons. The summed E-state index contributed by atoms with van der Waals surface area (Å²) in [6, 6.07) is 0.334. The zero-order valence-electron chi connectivity index (χ0n) is 11.6. The smallest absolute Gasteiger partial charge is 0.240 e. The Morgan fingerprint density at radius 2 is 2.28 bits per heavy atom. The Hall–Kier alpha value is -0.940. The summed E-state index contributed by atoms with van der Waals surface area (Å²) in [6.07, 6.45) is 1.93. The number of aromatic nitrogens is 2. The zero-order valence-corrected chi connectivity index (χ0v) is 11.6. The molecule has 1 aliphatic rings.